The minimum atomic E-state index is -0.644. The van der Waals surface area contributed by atoms with E-state index in [0.717, 1.165) is 50.5 Å². The van der Waals surface area contributed by atoms with Crippen molar-refractivity contribution in [1.82, 2.24) is 26.7 Å². The van der Waals surface area contributed by atoms with Crippen molar-refractivity contribution in [3.05, 3.63) is 69.2 Å². The highest BCUT2D eigenvalue weighted by atomic mass is 35.5. The number of hydrazone groups is 1. The molecule has 43 heavy (non-hydrogen) atoms. The monoisotopic (exact) mass is 625 g/mol. The summed E-state index contributed by atoms with van der Waals surface area (Å²) in [5.74, 6) is 0.840. The van der Waals surface area contributed by atoms with Crippen LogP contribution in [-0.2, 0) is 4.79 Å². The van der Waals surface area contributed by atoms with Crippen LogP contribution in [0, 0.1) is 11.3 Å². The Hall–Kier alpha value is -3.14. The van der Waals surface area contributed by atoms with Crippen LogP contribution >= 0.6 is 23.2 Å². The van der Waals surface area contributed by atoms with Crippen LogP contribution in [-0.4, -0.2) is 40.5 Å². The molecular weight excluding hydrogens is 585 g/mol. The van der Waals surface area contributed by atoms with Crippen LogP contribution in [0.1, 0.15) is 100 Å². The van der Waals surface area contributed by atoms with Gasteiger partial charge in [-0.25, -0.2) is 5.53 Å². The summed E-state index contributed by atoms with van der Waals surface area (Å²) in [5, 5.41) is 7.79. The third-order valence-corrected chi connectivity index (χ3v) is 9.34. The van der Waals surface area contributed by atoms with E-state index >= 15 is 0 Å². The zero-order valence-corrected chi connectivity index (χ0v) is 26.8. The maximum Gasteiger partial charge on any atom is 0.275 e. The molecule has 230 valence electrons. The first-order valence-corrected chi connectivity index (χ1v) is 15.9. The highest BCUT2D eigenvalue weighted by Gasteiger charge is 2.52. The summed E-state index contributed by atoms with van der Waals surface area (Å²) in [4.78, 5) is 34.6. The average molecular weight is 627 g/mol. The molecule has 5 rings (SSSR count). The first kappa shape index (κ1) is 31.3. The lowest BCUT2D eigenvalue weighted by Gasteiger charge is -2.47. The van der Waals surface area contributed by atoms with Crippen molar-refractivity contribution >= 4 is 46.6 Å². The Kier molecular flexibility index (Phi) is 9.34. The van der Waals surface area contributed by atoms with Crippen LogP contribution < -0.4 is 21.8 Å². The van der Waals surface area contributed by atoms with E-state index in [2.05, 4.69) is 54.6 Å². The van der Waals surface area contributed by atoms with E-state index < -0.39 is 5.66 Å². The number of hydrazine groups is 2. The first-order valence-electron chi connectivity index (χ1n) is 15.1. The van der Waals surface area contributed by atoms with Gasteiger partial charge in [-0.1, -0.05) is 75.9 Å². The molecular formula is C32H41Cl2N7O2. The molecule has 2 aliphatic heterocycles. The quantitative estimate of drug-likeness (QED) is 0.267. The number of benzene rings is 2. The molecule has 4 N–H and O–H groups in total. The van der Waals surface area contributed by atoms with Crippen molar-refractivity contribution < 1.29 is 9.59 Å². The lowest BCUT2D eigenvalue weighted by molar-refractivity contribution is -0.133. The highest BCUT2D eigenvalue weighted by molar-refractivity contribution is 6.47. The number of nitrogens with one attached hydrogen (secondary N) is 4. The van der Waals surface area contributed by atoms with Gasteiger partial charge in [0.1, 0.15) is 11.4 Å². The van der Waals surface area contributed by atoms with Gasteiger partial charge in [-0.2, -0.15) is 0 Å². The summed E-state index contributed by atoms with van der Waals surface area (Å²) in [6.45, 7) is 9.30. The fraction of sp³-hybridized carbons (Fsp3) is 0.500. The molecule has 1 fully saturated rings. The zero-order valence-electron chi connectivity index (χ0n) is 25.3. The molecule has 2 aromatic carbocycles. The second kappa shape index (κ2) is 12.8. The van der Waals surface area contributed by atoms with Gasteiger partial charge in [0, 0.05) is 21.2 Å². The van der Waals surface area contributed by atoms with Crippen LogP contribution in [0.4, 0.5) is 0 Å². The Labute approximate surface area is 263 Å². The van der Waals surface area contributed by atoms with Crippen LogP contribution in [0.3, 0.4) is 0 Å². The molecule has 2 aromatic rings. The average Bonchev–Trinajstić information content (AvgIpc) is 3.58. The van der Waals surface area contributed by atoms with Crippen LogP contribution in [0.15, 0.2) is 52.6 Å². The van der Waals surface area contributed by atoms with Crippen molar-refractivity contribution in [2.45, 2.75) is 84.3 Å². The minimum Gasteiger partial charge on any atom is -0.345 e. The molecule has 2 amide bonds. The lowest BCUT2D eigenvalue weighted by Crippen LogP contribution is -2.51. The van der Waals surface area contributed by atoms with E-state index in [-0.39, 0.29) is 29.8 Å². The van der Waals surface area contributed by atoms with Gasteiger partial charge in [-0.3, -0.25) is 20.0 Å². The summed E-state index contributed by atoms with van der Waals surface area (Å²) in [5.41, 5.74) is 10.2. The van der Waals surface area contributed by atoms with Crippen LogP contribution in [0.5, 0.6) is 0 Å². The maximum atomic E-state index is 14.5. The largest absolute Gasteiger partial charge is 0.345 e. The predicted octanol–water partition coefficient (Wildman–Crippen LogP) is 6.14. The number of aliphatic imine (C=N–C) groups is 1. The minimum absolute atomic E-state index is 0.0949. The van der Waals surface area contributed by atoms with Crippen molar-refractivity contribution in [2.24, 2.45) is 21.4 Å². The van der Waals surface area contributed by atoms with Crippen molar-refractivity contribution in [3.63, 3.8) is 0 Å². The topological polar surface area (TPSA) is 110 Å². The molecule has 0 saturated heterocycles. The Morgan fingerprint density at radius 2 is 1.79 bits per heavy atom. The zero-order chi connectivity index (χ0) is 30.8. The van der Waals surface area contributed by atoms with Crippen molar-refractivity contribution in [2.75, 3.05) is 6.54 Å². The second-order valence-corrected chi connectivity index (χ2v) is 13.7. The number of amidine groups is 1. The highest BCUT2D eigenvalue weighted by Crippen LogP contribution is 2.50. The Balaban J connectivity index is 1.47. The van der Waals surface area contributed by atoms with Gasteiger partial charge in [0.15, 0.2) is 5.84 Å². The standard InChI is InChI=1S/C32H41Cl2N7O2/c1-5-6-7-26(20-8-10-21(11-9-20)29(42)35-19-27-37-39-40-38-27)41-30(43)28(22-16-24(33)18-25(34)17-22)36-32(41)14-12-23(13-15-32)31(2,3)4/h8-11,16-18,23,26,39-40H,5-7,12-15,19H2,1-4H3,(H,35,42)(H,37,38)/t23?,26-,32?/m1/s1. The summed E-state index contributed by atoms with van der Waals surface area (Å²) in [7, 11) is 0. The number of hydrogen-bond acceptors (Lipinski definition) is 7. The fourth-order valence-corrected chi connectivity index (χ4v) is 7.02. The summed E-state index contributed by atoms with van der Waals surface area (Å²) in [6, 6.07) is 12.6. The smallest absolute Gasteiger partial charge is 0.275 e. The lowest BCUT2D eigenvalue weighted by atomic mass is 9.69. The van der Waals surface area contributed by atoms with Gasteiger partial charge in [0.25, 0.3) is 11.8 Å². The molecule has 0 unspecified atom stereocenters. The van der Waals surface area contributed by atoms with Crippen LogP contribution in [0.25, 0.3) is 0 Å². The summed E-state index contributed by atoms with van der Waals surface area (Å²) >= 11 is 12.7. The molecule has 1 saturated carbocycles. The number of carbonyl (C=O) groups is 2. The third-order valence-electron chi connectivity index (χ3n) is 8.91. The molecule has 1 aliphatic carbocycles. The fourth-order valence-electron chi connectivity index (χ4n) is 6.49. The first-order chi connectivity index (χ1) is 20.5. The number of amides is 2. The number of halogens is 2. The van der Waals surface area contributed by atoms with E-state index in [1.54, 1.807) is 18.2 Å². The molecule has 3 aliphatic rings. The van der Waals surface area contributed by atoms with E-state index in [1.807, 2.05) is 29.2 Å². The van der Waals surface area contributed by atoms with Gasteiger partial charge >= 0.3 is 0 Å². The SMILES string of the molecule is CCCC[C@H](c1ccc(C(=O)NCC2=NNNN2)cc1)N1C(=O)C(c2cc(Cl)cc(Cl)c2)=NC12CCC(C(C)(C)C)CC2. The summed E-state index contributed by atoms with van der Waals surface area (Å²) in [6.07, 6.45) is 6.32. The Morgan fingerprint density at radius 3 is 2.37 bits per heavy atom. The summed E-state index contributed by atoms with van der Waals surface area (Å²) < 4.78 is 0. The van der Waals surface area contributed by atoms with Gasteiger partial charge in [0.2, 0.25) is 0 Å². The van der Waals surface area contributed by atoms with Crippen molar-refractivity contribution in [3.8, 4) is 0 Å². The Morgan fingerprint density at radius 1 is 1.12 bits per heavy atom. The molecule has 1 spiro atoms. The normalized spacial score (nSPS) is 22.6. The molecule has 1 atom stereocenters. The molecule has 2 heterocycles. The predicted molar refractivity (Wildman–Crippen MR) is 172 cm³/mol. The number of nitrogens with zero attached hydrogens (tertiary/aromatic N) is 3. The van der Waals surface area contributed by atoms with Gasteiger partial charge < -0.3 is 10.2 Å². The number of unbranched alkanes of at least 4 members (excludes halogenated alkanes) is 1. The second-order valence-electron chi connectivity index (χ2n) is 12.8. The Bertz CT molecular complexity index is 1390. The third kappa shape index (κ3) is 6.84. The number of rotatable bonds is 9. The molecule has 11 heteroatoms. The van der Waals surface area contributed by atoms with E-state index in [0.29, 0.717) is 38.6 Å². The van der Waals surface area contributed by atoms with Gasteiger partial charge in [0.05, 0.1) is 12.6 Å². The van der Waals surface area contributed by atoms with Crippen LogP contribution in [0.2, 0.25) is 10.0 Å². The van der Waals surface area contributed by atoms with Gasteiger partial charge in [-0.05, 0) is 79.3 Å². The van der Waals surface area contributed by atoms with E-state index in [4.69, 9.17) is 28.2 Å². The molecule has 0 aromatic heterocycles. The van der Waals surface area contributed by atoms with Gasteiger partial charge in [-0.15, -0.1) is 10.6 Å². The maximum absolute atomic E-state index is 14.5. The van der Waals surface area contributed by atoms with E-state index in [9.17, 15) is 9.59 Å². The number of hydrogen-bond donors (Lipinski definition) is 4. The molecule has 0 bridgehead atoms. The molecule has 9 nitrogen and oxygen atoms in total. The number of carbonyl (C=O) groups excluding carboxylic acids is 2. The van der Waals surface area contributed by atoms with E-state index in [1.165, 1.54) is 0 Å². The van der Waals surface area contributed by atoms with Crippen molar-refractivity contribution in [1.29, 1.82) is 0 Å². The molecule has 0 radical (unpaired) electrons.